The van der Waals surface area contributed by atoms with Gasteiger partial charge in [0.05, 0.1) is 0 Å². The number of ether oxygens (including phenoxy) is 1. The molecule has 3 aromatic carbocycles. The van der Waals surface area contributed by atoms with E-state index >= 15 is 0 Å². The summed E-state index contributed by atoms with van der Waals surface area (Å²) in [7, 11) is 0. The van der Waals surface area contributed by atoms with Crippen molar-refractivity contribution in [2.75, 3.05) is 6.61 Å². The third kappa shape index (κ3) is 4.34. The molecule has 1 aliphatic rings. The normalized spacial score (nSPS) is 13.2. The Morgan fingerprint density at radius 2 is 1.61 bits per heavy atom. The molecule has 0 radical (unpaired) electrons. The van der Waals surface area contributed by atoms with Crippen LogP contribution in [0, 0.1) is 0 Å². The Bertz CT molecular complexity index is 1100. The number of carbonyl (C=O) groups excluding carboxylic acids is 1. The highest BCUT2D eigenvalue weighted by Crippen LogP contribution is 2.44. The molecular weight excluding hydrogens is 418 g/mol. The summed E-state index contributed by atoms with van der Waals surface area (Å²) in [6.07, 6.45) is -0.859. The molecule has 3 N–H and O–H groups in total. The van der Waals surface area contributed by atoms with Crippen molar-refractivity contribution in [3.8, 4) is 16.9 Å². The lowest BCUT2D eigenvalue weighted by atomic mass is 9.98. The van der Waals surface area contributed by atoms with E-state index in [1.807, 2.05) is 48.5 Å². The van der Waals surface area contributed by atoms with Crippen molar-refractivity contribution >= 4 is 23.7 Å². The maximum Gasteiger partial charge on any atom is 0.407 e. The summed E-state index contributed by atoms with van der Waals surface area (Å²) in [5.74, 6) is -1.35. The fraction of sp³-hybridized carbons (Fsp3) is 0.167. The number of hydrogen-bond donors (Lipinski definition) is 3. The summed E-state index contributed by atoms with van der Waals surface area (Å²) in [4.78, 5) is 24.0. The second-order valence-corrected chi connectivity index (χ2v) is 7.75. The minimum absolute atomic E-state index is 0.0230. The standard InChI is InChI=1S/C24H20ClNO5/c25-21-12-15(27)10-9-14(21)11-22(23(28)29)26-24(30)31-13-20-18-7-3-1-5-16(18)17-6-2-4-8-19(17)20/h1-10,12,20,22,27H,11,13H2,(H,26,30)(H,28,29). The van der Waals surface area contributed by atoms with Crippen molar-refractivity contribution in [1.82, 2.24) is 5.32 Å². The minimum atomic E-state index is -1.22. The summed E-state index contributed by atoms with van der Waals surface area (Å²) in [6.45, 7) is 0.0894. The number of nitrogens with one attached hydrogen (secondary N) is 1. The zero-order chi connectivity index (χ0) is 22.0. The number of carboxylic acids is 1. The van der Waals surface area contributed by atoms with Gasteiger partial charge >= 0.3 is 12.1 Å². The monoisotopic (exact) mass is 437 g/mol. The molecule has 0 saturated heterocycles. The van der Waals surface area contributed by atoms with Crippen LogP contribution in [0.5, 0.6) is 5.75 Å². The molecule has 0 fully saturated rings. The van der Waals surface area contributed by atoms with Crippen LogP contribution < -0.4 is 5.32 Å². The third-order valence-electron chi connectivity index (χ3n) is 5.39. The zero-order valence-corrected chi connectivity index (χ0v) is 17.2. The lowest BCUT2D eigenvalue weighted by Gasteiger charge is -2.18. The Balaban J connectivity index is 1.44. The number of fused-ring (bicyclic) bond motifs is 3. The van der Waals surface area contributed by atoms with Gasteiger partial charge in [0, 0.05) is 17.4 Å². The highest BCUT2D eigenvalue weighted by Gasteiger charge is 2.30. The second kappa shape index (κ2) is 8.70. The molecule has 158 valence electrons. The predicted octanol–water partition coefficient (Wildman–Crippen LogP) is 4.58. The number of carboxylic acid groups (broad SMARTS) is 1. The van der Waals surface area contributed by atoms with Crippen LogP contribution in [0.25, 0.3) is 11.1 Å². The Kier molecular flexibility index (Phi) is 5.82. The summed E-state index contributed by atoms with van der Waals surface area (Å²) in [5, 5.41) is 21.6. The number of phenolic OH excluding ortho intramolecular Hbond substituents is 1. The number of carbonyl (C=O) groups is 2. The van der Waals surface area contributed by atoms with Crippen molar-refractivity contribution in [2.24, 2.45) is 0 Å². The van der Waals surface area contributed by atoms with E-state index in [9.17, 15) is 19.8 Å². The molecule has 1 amide bonds. The van der Waals surface area contributed by atoms with Gasteiger partial charge < -0.3 is 20.3 Å². The van der Waals surface area contributed by atoms with Crippen LogP contribution in [0.15, 0.2) is 66.7 Å². The average Bonchev–Trinajstić information content (AvgIpc) is 3.07. The molecule has 6 nitrogen and oxygen atoms in total. The molecule has 31 heavy (non-hydrogen) atoms. The summed E-state index contributed by atoms with van der Waals surface area (Å²) >= 11 is 6.06. The maximum atomic E-state index is 12.4. The topological polar surface area (TPSA) is 95.9 Å². The number of rotatable bonds is 6. The first-order chi connectivity index (χ1) is 14.9. The van der Waals surface area contributed by atoms with Crippen LogP contribution in [0.4, 0.5) is 4.79 Å². The quantitative estimate of drug-likeness (QED) is 0.524. The first-order valence-electron chi connectivity index (χ1n) is 9.75. The van der Waals surface area contributed by atoms with E-state index < -0.39 is 18.1 Å². The van der Waals surface area contributed by atoms with E-state index in [1.165, 1.54) is 18.2 Å². The van der Waals surface area contributed by atoms with Crippen molar-refractivity contribution in [2.45, 2.75) is 18.4 Å². The van der Waals surface area contributed by atoms with Crippen molar-refractivity contribution < 1.29 is 24.5 Å². The summed E-state index contributed by atoms with van der Waals surface area (Å²) in [6, 6.07) is 18.9. The van der Waals surface area contributed by atoms with Crippen molar-refractivity contribution in [3.63, 3.8) is 0 Å². The number of amides is 1. The fourth-order valence-electron chi connectivity index (χ4n) is 3.90. The van der Waals surface area contributed by atoms with Crippen LogP contribution in [0.3, 0.4) is 0 Å². The van der Waals surface area contributed by atoms with Crippen molar-refractivity contribution in [1.29, 1.82) is 0 Å². The molecule has 1 atom stereocenters. The van der Waals surface area contributed by atoms with Gasteiger partial charge in [-0.3, -0.25) is 0 Å². The predicted molar refractivity (Wildman–Crippen MR) is 116 cm³/mol. The van der Waals surface area contributed by atoms with Gasteiger partial charge in [-0.25, -0.2) is 9.59 Å². The zero-order valence-electron chi connectivity index (χ0n) is 16.4. The van der Waals surface area contributed by atoms with Crippen LogP contribution in [-0.4, -0.2) is 34.9 Å². The fourth-order valence-corrected chi connectivity index (χ4v) is 4.16. The molecule has 1 aliphatic carbocycles. The van der Waals surface area contributed by atoms with Gasteiger partial charge in [-0.15, -0.1) is 0 Å². The highest BCUT2D eigenvalue weighted by atomic mass is 35.5. The molecule has 4 rings (SSSR count). The maximum absolute atomic E-state index is 12.4. The van der Waals surface area contributed by atoms with E-state index in [2.05, 4.69) is 5.32 Å². The number of phenols is 1. The number of aliphatic carboxylic acids is 1. The van der Waals surface area contributed by atoms with E-state index in [0.717, 1.165) is 22.3 Å². The molecular formula is C24H20ClNO5. The van der Waals surface area contributed by atoms with E-state index in [-0.39, 0.29) is 29.7 Å². The molecule has 0 aromatic heterocycles. The van der Waals surface area contributed by atoms with Gasteiger partial charge in [-0.2, -0.15) is 0 Å². The molecule has 0 bridgehead atoms. The van der Waals surface area contributed by atoms with Gasteiger partial charge in [-0.1, -0.05) is 66.2 Å². The third-order valence-corrected chi connectivity index (χ3v) is 5.75. The van der Waals surface area contributed by atoms with E-state index in [1.54, 1.807) is 0 Å². The Morgan fingerprint density at radius 3 is 2.19 bits per heavy atom. The Labute approximate surface area is 184 Å². The Hall–Kier alpha value is -3.51. The van der Waals surface area contributed by atoms with Crippen LogP contribution >= 0.6 is 11.6 Å². The smallest absolute Gasteiger partial charge is 0.407 e. The van der Waals surface area contributed by atoms with Gasteiger partial charge in [0.1, 0.15) is 18.4 Å². The highest BCUT2D eigenvalue weighted by molar-refractivity contribution is 6.31. The number of aromatic hydroxyl groups is 1. The van der Waals surface area contributed by atoms with Crippen LogP contribution in [-0.2, 0) is 16.0 Å². The summed E-state index contributed by atoms with van der Waals surface area (Å²) < 4.78 is 5.42. The SMILES string of the molecule is O=C(NC(Cc1ccc(O)cc1Cl)C(=O)O)OCC1c2ccccc2-c2ccccc21. The molecule has 0 spiro atoms. The lowest BCUT2D eigenvalue weighted by Crippen LogP contribution is -2.43. The molecule has 0 aliphatic heterocycles. The van der Waals surface area contributed by atoms with Gasteiger partial charge in [-0.05, 0) is 39.9 Å². The van der Waals surface area contributed by atoms with Crippen LogP contribution in [0.2, 0.25) is 5.02 Å². The lowest BCUT2D eigenvalue weighted by molar-refractivity contribution is -0.139. The number of benzene rings is 3. The van der Waals surface area contributed by atoms with E-state index in [4.69, 9.17) is 16.3 Å². The first-order valence-corrected chi connectivity index (χ1v) is 10.1. The van der Waals surface area contributed by atoms with Crippen molar-refractivity contribution in [3.05, 3.63) is 88.4 Å². The molecule has 1 unspecified atom stereocenters. The second-order valence-electron chi connectivity index (χ2n) is 7.34. The molecule has 7 heteroatoms. The average molecular weight is 438 g/mol. The van der Waals surface area contributed by atoms with Gasteiger partial charge in [0.25, 0.3) is 0 Å². The van der Waals surface area contributed by atoms with Gasteiger partial charge in [0.2, 0.25) is 0 Å². The first kappa shape index (κ1) is 20.8. The van der Waals surface area contributed by atoms with E-state index in [0.29, 0.717) is 5.56 Å². The Morgan fingerprint density at radius 1 is 1.00 bits per heavy atom. The molecule has 0 heterocycles. The largest absolute Gasteiger partial charge is 0.508 e. The number of halogens is 1. The number of hydrogen-bond acceptors (Lipinski definition) is 4. The number of alkyl carbamates (subject to hydrolysis) is 1. The molecule has 3 aromatic rings. The van der Waals surface area contributed by atoms with Gasteiger partial charge in [0.15, 0.2) is 0 Å². The van der Waals surface area contributed by atoms with Crippen LogP contribution in [0.1, 0.15) is 22.6 Å². The molecule has 0 saturated carbocycles. The summed E-state index contributed by atoms with van der Waals surface area (Å²) in [5.41, 5.74) is 4.85. The minimum Gasteiger partial charge on any atom is -0.508 e.